The van der Waals surface area contributed by atoms with Gasteiger partial charge in [0.25, 0.3) is 0 Å². The average molecular weight is 240 g/mol. The van der Waals surface area contributed by atoms with Crippen molar-refractivity contribution < 1.29 is 0 Å². The molecule has 1 aromatic carbocycles. The highest BCUT2D eigenvalue weighted by Gasteiger charge is 2.15. The lowest BCUT2D eigenvalue weighted by atomic mass is 9.83. The maximum absolute atomic E-state index is 2.46. The Morgan fingerprint density at radius 3 is 2.11 bits per heavy atom. The van der Waals surface area contributed by atoms with Crippen molar-refractivity contribution >= 4 is 6.08 Å². The second-order valence-corrected chi connectivity index (χ2v) is 6.32. The van der Waals surface area contributed by atoms with Crippen LogP contribution < -0.4 is 0 Å². The van der Waals surface area contributed by atoms with Gasteiger partial charge in [0.05, 0.1) is 0 Å². The molecule has 1 aliphatic rings. The minimum absolute atomic E-state index is 0.280. The standard InChI is InChI=1S/C18H24/c1-18(2,3)14-17-12-8-7-11-16(17)13-15-9-5-4-6-10-15/h4-6,9-10,13-14H,7-8,11-12H2,1-3H3. The van der Waals surface area contributed by atoms with Gasteiger partial charge in [0.15, 0.2) is 0 Å². The van der Waals surface area contributed by atoms with Gasteiger partial charge in [0.2, 0.25) is 0 Å². The molecule has 0 amide bonds. The Bertz CT molecular complexity index is 441. The lowest BCUT2D eigenvalue weighted by molar-refractivity contribution is 0.532. The van der Waals surface area contributed by atoms with Crippen LogP contribution in [0.1, 0.15) is 52.0 Å². The monoisotopic (exact) mass is 240 g/mol. The fourth-order valence-corrected chi connectivity index (χ4v) is 2.55. The summed E-state index contributed by atoms with van der Waals surface area (Å²) in [5.74, 6) is 0. The molecular weight excluding hydrogens is 216 g/mol. The van der Waals surface area contributed by atoms with Gasteiger partial charge in [0, 0.05) is 0 Å². The Morgan fingerprint density at radius 1 is 0.889 bits per heavy atom. The highest BCUT2D eigenvalue weighted by Crippen LogP contribution is 2.33. The average Bonchev–Trinajstić information content (AvgIpc) is 2.31. The van der Waals surface area contributed by atoms with Crippen molar-refractivity contribution in [2.24, 2.45) is 5.41 Å². The molecule has 0 saturated heterocycles. The lowest BCUT2D eigenvalue weighted by Crippen LogP contribution is -2.06. The summed E-state index contributed by atoms with van der Waals surface area (Å²) in [5.41, 5.74) is 4.72. The molecule has 2 rings (SSSR count). The van der Waals surface area contributed by atoms with E-state index in [1.165, 1.54) is 31.2 Å². The predicted molar refractivity (Wildman–Crippen MR) is 80.4 cm³/mol. The van der Waals surface area contributed by atoms with E-state index in [9.17, 15) is 0 Å². The van der Waals surface area contributed by atoms with E-state index in [1.807, 2.05) is 0 Å². The highest BCUT2D eigenvalue weighted by molar-refractivity contribution is 5.59. The molecule has 0 aliphatic heterocycles. The molecule has 0 spiro atoms. The first-order valence-corrected chi connectivity index (χ1v) is 7.02. The molecule has 0 aromatic heterocycles. The van der Waals surface area contributed by atoms with Gasteiger partial charge in [-0.05, 0) is 47.8 Å². The van der Waals surface area contributed by atoms with Gasteiger partial charge < -0.3 is 0 Å². The zero-order valence-electron chi connectivity index (χ0n) is 11.9. The Balaban J connectivity index is 2.29. The molecule has 96 valence electrons. The molecular formula is C18H24. The largest absolute Gasteiger partial charge is 0.0756 e. The molecule has 1 aliphatic carbocycles. The van der Waals surface area contributed by atoms with Crippen molar-refractivity contribution in [1.29, 1.82) is 0 Å². The zero-order valence-corrected chi connectivity index (χ0v) is 11.9. The summed E-state index contributed by atoms with van der Waals surface area (Å²) in [5, 5.41) is 0. The number of allylic oxidation sites excluding steroid dienone is 3. The molecule has 1 aromatic rings. The summed E-state index contributed by atoms with van der Waals surface area (Å²) in [6, 6.07) is 10.7. The first-order valence-electron chi connectivity index (χ1n) is 7.02. The summed E-state index contributed by atoms with van der Waals surface area (Å²) in [6.07, 6.45) is 9.98. The maximum atomic E-state index is 2.46. The van der Waals surface area contributed by atoms with E-state index in [4.69, 9.17) is 0 Å². The Morgan fingerprint density at radius 2 is 1.50 bits per heavy atom. The Kier molecular flexibility index (Phi) is 4.06. The third-order valence-corrected chi connectivity index (χ3v) is 3.30. The van der Waals surface area contributed by atoms with E-state index in [1.54, 1.807) is 11.1 Å². The molecule has 0 heteroatoms. The maximum Gasteiger partial charge on any atom is -0.0197 e. The molecule has 0 radical (unpaired) electrons. The molecule has 1 fully saturated rings. The van der Waals surface area contributed by atoms with E-state index >= 15 is 0 Å². The molecule has 0 nitrogen and oxygen atoms in total. The molecule has 0 unspecified atom stereocenters. The van der Waals surface area contributed by atoms with Crippen LogP contribution >= 0.6 is 0 Å². The van der Waals surface area contributed by atoms with Gasteiger partial charge in [-0.15, -0.1) is 0 Å². The van der Waals surface area contributed by atoms with Crippen molar-refractivity contribution in [2.75, 3.05) is 0 Å². The smallest absolute Gasteiger partial charge is 0.0197 e. The van der Waals surface area contributed by atoms with Gasteiger partial charge in [-0.25, -0.2) is 0 Å². The minimum atomic E-state index is 0.280. The highest BCUT2D eigenvalue weighted by atomic mass is 14.2. The third-order valence-electron chi connectivity index (χ3n) is 3.30. The SMILES string of the molecule is CC(C)(C)C=C1CCCCC1=Cc1ccccc1. The van der Waals surface area contributed by atoms with Crippen LogP contribution in [0.4, 0.5) is 0 Å². The van der Waals surface area contributed by atoms with Crippen molar-refractivity contribution in [3.63, 3.8) is 0 Å². The lowest BCUT2D eigenvalue weighted by Gasteiger charge is -2.23. The van der Waals surface area contributed by atoms with Crippen LogP contribution in [0, 0.1) is 5.41 Å². The molecule has 1 saturated carbocycles. The fraction of sp³-hybridized carbons (Fsp3) is 0.444. The van der Waals surface area contributed by atoms with Crippen LogP contribution in [0.25, 0.3) is 6.08 Å². The van der Waals surface area contributed by atoms with Crippen LogP contribution in [0.2, 0.25) is 0 Å². The topological polar surface area (TPSA) is 0 Å². The van der Waals surface area contributed by atoms with Gasteiger partial charge in [0.1, 0.15) is 0 Å². The Hall–Kier alpha value is -1.30. The second-order valence-electron chi connectivity index (χ2n) is 6.32. The molecule has 0 N–H and O–H groups in total. The van der Waals surface area contributed by atoms with Crippen molar-refractivity contribution in [2.45, 2.75) is 46.5 Å². The van der Waals surface area contributed by atoms with Crippen molar-refractivity contribution in [1.82, 2.24) is 0 Å². The number of benzene rings is 1. The van der Waals surface area contributed by atoms with Crippen molar-refractivity contribution in [3.05, 3.63) is 53.1 Å². The predicted octanol–water partition coefficient (Wildman–Crippen LogP) is 5.62. The molecule has 0 heterocycles. The molecule has 18 heavy (non-hydrogen) atoms. The number of hydrogen-bond acceptors (Lipinski definition) is 0. The fourth-order valence-electron chi connectivity index (χ4n) is 2.55. The van der Waals surface area contributed by atoms with Gasteiger partial charge in [-0.1, -0.05) is 63.3 Å². The first kappa shape index (κ1) is 13.1. The van der Waals surface area contributed by atoms with E-state index in [0.717, 1.165) is 0 Å². The van der Waals surface area contributed by atoms with Gasteiger partial charge >= 0.3 is 0 Å². The normalized spacial score (nSPS) is 21.5. The quantitative estimate of drug-likeness (QED) is 0.598. The number of hydrogen-bond donors (Lipinski definition) is 0. The molecule has 0 atom stereocenters. The van der Waals surface area contributed by atoms with Crippen molar-refractivity contribution in [3.8, 4) is 0 Å². The summed E-state index contributed by atoms with van der Waals surface area (Å²) in [7, 11) is 0. The summed E-state index contributed by atoms with van der Waals surface area (Å²) in [6.45, 7) is 6.86. The van der Waals surface area contributed by atoms with Crippen LogP contribution in [0.15, 0.2) is 47.6 Å². The summed E-state index contributed by atoms with van der Waals surface area (Å²) < 4.78 is 0. The van der Waals surface area contributed by atoms with Gasteiger partial charge in [-0.2, -0.15) is 0 Å². The van der Waals surface area contributed by atoms with Crippen LogP contribution in [-0.4, -0.2) is 0 Å². The van der Waals surface area contributed by atoms with E-state index in [2.05, 4.69) is 63.3 Å². The third kappa shape index (κ3) is 3.87. The zero-order chi connectivity index (χ0) is 13.0. The van der Waals surface area contributed by atoms with Gasteiger partial charge in [-0.3, -0.25) is 0 Å². The van der Waals surface area contributed by atoms with Crippen LogP contribution in [0.5, 0.6) is 0 Å². The van der Waals surface area contributed by atoms with E-state index in [-0.39, 0.29) is 5.41 Å². The van der Waals surface area contributed by atoms with E-state index < -0.39 is 0 Å². The van der Waals surface area contributed by atoms with E-state index in [0.29, 0.717) is 0 Å². The summed E-state index contributed by atoms with van der Waals surface area (Å²) >= 11 is 0. The first-order chi connectivity index (χ1) is 8.54. The summed E-state index contributed by atoms with van der Waals surface area (Å²) in [4.78, 5) is 0. The Labute approximate surface area is 111 Å². The minimum Gasteiger partial charge on any atom is -0.0756 e. The molecule has 0 bridgehead atoms. The second kappa shape index (κ2) is 5.56. The number of rotatable bonds is 1. The van der Waals surface area contributed by atoms with Crippen LogP contribution in [-0.2, 0) is 0 Å². The van der Waals surface area contributed by atoms with Crippen LogP contribution in [0.3, 0.4) is 0 Å².